The Morgan fingerprint density at radius 1 is 1.14 bits per heavy atom. The predicted molar refractivity (Wildman–Crippen MR) is 102 cm³/mol. The van der Waals surface area contributed by atoms with Gasteiger partial charge in [0.15, 0.2) is 18.1 Å². The molecule has 1 amide bonds. The molecule has 3 rings (SSSR count). The van der Waals surface area contributed by atoms with E-state index < -0.39 is 24.5 Å². The maximum absolute atomic E-state index is 12.4. The van der Waals surface area contributed by atoms with E-state index in [9.17, 15) is 14.4 Å². The molecule has 0 radical (unpaired) electrons. The monoisotopic (exact) mass is 404 g/mol. The van der Waals surface area contributed by atoms with Gasteiger partial charge in [0.2, 0.25) is 0 Å². The van der Waals surface area contributed by atoms with Crippen molar-refractivity contribution in [2.45, 2.75) is 32.6 Å². The summed E-state index contributed by atoms with van der Waals surface area (Å²) in [6.07, 6.45) is 6.31. The van der Waals surface area contributed by atoms with Crippen LogP contribution in [-0.2, 0) is 27.1 Å². The standard InChI is InChI=1S/C18H20N4O5S/c1-2-26-17(24)13-10-5-3-4-6-11(10)28-16(13)22-12(23)9-27-18(25)14-15(19)21-8-7-20-14/h7-8H,2-6,9H2,1H3,(H2,19,21)(H,22,23). The second kappa shape index (κ2) is 8.79. The van der Waals surface area contributed by atoms with Crippen molar-refractivity contribution in [2.75, 3.05) is 24.3 Å². The highest BCUT2D eigenvalue weighted by Crippen LogP contribution is 2.38. The van der Waals surface area contributed by atoms with Crippen LogP contribution in [-0.4, -0.2) is 41.0 Å². The molecule has 0 atom stereocenters. The minimum absolute atomic E-state index is 0.0802. The number of carbonyl (C=O) groups excluding carboxylic acids is 3. The van der Waals surface area contributed by atoms with Gasteiger partial charge in [-0.05, 0) is 38.2 Å². The van der Waals surface area contributed by atoms with Gasteiger partial charge < -0.3 is 20.5 Å². The van der Waals surface area contributed by atoms with Gasteiger partial charge in [-0.15, -0.1) is 11.3 Å². The molecule has 0 saturated heterocycles. The number of thiophene rings is 1. The molecule has 10 heteroatoms. The van der Waals surface area contributed by atoms with E-state index in [1.165, 1.54) is 23.7 Å². The van der Waals surface area contributed by atoms with Crippen molar-refractivity contribution in [3.8, 4) is 0 Å². The van der Waals surface area contributed by atoms with Gasteiger partial charge in [0.25, 0.3) is 5.91 Å². The van der Waals surface area contributed by atoms with Crippen LogP contribution in [0.1, 0.15) is 51.1 Å². The lowest BCUT2D eigenvalue weighted by atomic mass is 9.95. The molecule has 0 saturated carbocycles. The average Bonchev–Trinajstić information content (AvgIpc) is 3.04. The van der Waals surface area contributed by atoms with Gasteiger partial charge in [-0.3, -0.25) is 4.79 Å². The van der Waals surface area contributed by atoms with E-state index >= 15 is 0 Å². The number of nitrogens with zero attached hydrogens (tertiary/aromatic N) is 2. The molecular formula is C18H20N4O5S. The molecule has 0 fully saturated rings. The highest BCUT2D eigenvalue weighted by atomic mass is 32.1. The van der Waals surface area contributed by atoms with E-state index in [4.69, 9.17) is 15.2 Å². The van der Waals surface area contributed by atoms with Gasteiger partial charge in [-0.1, -0.05) is 0 Å². The Balaban J connectivity index is 1.70. The van der Waals surface area contributed by atoms with Crippen LogP contribution in [0.4, 0.5) is 10.8 Å². The number of nitrogens with one attached hydrogen (secondary N) is 1. The Kier molecular flexibility index (Phi) is 6.19. The Morgan fingerprint density at radius 2 is 1.89 bits per heavy atom. The number of nitrogen functional groups attached to an aromatic ring is 1. The predicted octanol–water partition coefficient (Wildman–Crippen LogP) is 1.97. The zero-order valence-electron chi connectivity index (χ0n) is 15.3. The lowest BCUT2D eigenvalue weighted by molar-refractivity contribution is -0.119. The molecule has 1 aliphatic rings. The maximum atomic E-state index is 12.4. The number of carbonyl (C=O) groups is 3. The average molecular weight is 404 g/mol. The molecule has 9 nitrogen and oxygen atoms in total. The summed E-state index contributed by atoms with van der Waals surface area (Å²) < 4.78 is 10.1. The van der Waals surface area contributed by atoms with Crippen LogP contribution in [0, 0.1) is 0 Å². The Hall–Kier alpha value is -3.01. The Labute approximate surface area is 165 Å². The van der Waals surface area contributed by atoms with Crippen molar-refractivity contribution in [3.05, 3.63) is 34.1 Å². The number of ether oxygens (including phenoxy) is 2. The second-order valence-corrected chi connectivity index (χ2v) is 7.16. The van der Waals surface area contributed by atoms with Crippen molar-refractivity contribution in [1.82, 2.24) is 9.97 Å². The number of amides is 1. The molecule has 0 aliphatic heterocycles. The summed E-state index contributed by atoms with van der Waals surface area (Å²) in [7, 11) is 0. The normalized spacial score (nSPS) is 12.8. The lowest BCUT2D eigenvalue weighted by Crippen LogP contribution is -2.23. The van der Waals surface area contributed by atoms with Crippen molar-refractivity contribution in [2.24, 2.45) is 0 Å². The Bertz CT molecular complexity index is 911. The largest absolute Gasteiger partial charge is 0.462 e. The van der Waals surface area contributed by atoms with Gasteiger partial charge in [0.1, 0.15) is 5.00 Å². The minimum Gasteiger partial charge on any atom is -0.462 e. The molecule has 0 unspecified atom stereocenters. The maximum Gasteiger partial charge on any atom is 0.361 e. The fraction of sp³-hybridized carbons (Fsp3) is 0.389. The highest BCUT2D eigenvalue weighted by Gasteiger charge is 2.27. The summed E-state index contributed by atoms with van der Waals surface area (Å²) in [6, 6.07) is 0. The van der Waals surface area contributed by atoms with Crippen molar-refractivity contribution < 1.29 is 23.9 Å². The number of hydrogen-bond donors (Lipinski definition) is 2. The first-order chi connectivity index (χ1) is 13.5. The molecule has 2 aromatic rings. The van der Waals surface area contributed by atoms with Crippen molar-refractivity contribution >= 4 is 40.0 Å². The molecule has 2 aromatic heterocycles. The van der Waals surface area contributed by atoms with Crippen LogP contribution >= 0.6 is 11.3 Å². The van der Waals surface area contributed by atoms with E-state index in [-0.39, 0.29) is 18.1 Å². The fourth-order valence-electron chi connectivity index (χ4n) is 2.94. The highest BCUT2D eigenvalue weighted by molar-refractivity contribution is 7.17. The molecule has 0 bridgehead atoms. The van der Waals surface area contributed by atoms with E-state index in [1.54, 1.807) is 6.92 Å². The molecule has 3 N–H and O–H groups in total. The molecule has 2 heterocycles. The number of aryl methyl sites for hydroxylation is 1. The summed E-state index contributed by atoms with van der Waals surface area (Å²) in [5.74, 6) is -1.96. The van der Waals surface area contributed by atoms with Crippen LogP contribution in [0.2, 0.25) is 0 Å². The number of anilines is 2. The zero-order valence-corrected chi connectivity index (χ0v) is 16.1. The summed E-state index contributed by atoms with van der Waals surface area (Å²) in [5.41, 5.74) is 6.75. The Morgan fingerprint density at radius 3 is 2.64 bits per heavy atom. The number of rotatable bonds is 6. The van der Waals surface area contributed by atoms with Crippen LogP contribution < -0.4 is 11.1 Å². The van der Waals surface area contributed by atoms with Crippen molar-refractivity contribution in [3.63, 3.8) is 0 Å². The first-order valence-electron chi connectivity index (χ1n) is 8.86. The number of nitrogens with two attached hydrogens (primary N) is 1. The third-order valence-electron chi connectivity index (χ3n) is 4.16. The summed E-state index contributed by atoms with van der Waals surface area (Å²) in [5, 5.41) is 3.08. The van der Waals surface area contributed by atoms with Crippen LogP contribution in [0.3, 0.4) is 0 Å². The van der Waals surface area contributed by atoms with Gasteiger partial charge >= 0.3 is 11.9 Å². The number of aromatic nitrogens is 2. The minimum atomic E-state index is -0.850. The molecule has 1 aliphatic carbocycles. The third kappa shape index (κ3) is 4.28. The van der Waals surface area contributed by atoms with E-state index in [0.717, 1.165) is 36.1 Å². The van der Waals surface area contributed by atoms with Crippen LogP contribution in [0.5, 0.6) is 0 Å². The summed E-state index contributed by atoms with van der Waals surface area (Å²) in [4.78, 5) is 45.3. The topological polar surface area (TPSA) is 134 Å². The molecular weight excluding hydrogens is 384 g/mol. The third-order valence-corrected chi connectivity index (χ3v) is 5.37. The van der Waals surface area contributed by atoms with Crippen molar-refractivity contribution in [1.29, 1.82) is 0 Å². The summed E-state index contributed by atoms with van der Waals surface area (Å²) >= 11 is 1.36. The van der Waals surface area contributed by atoms with E-state index in [2.05, 4.69) is 15.3 Å². The molecule has 148 valence electrons. The molecule has 0 spiro atoms. The van der Waals surface area contributed by atoms with E-state index in [1.807, 2.05) is 0 Å². The first-order valence-corrected chi connectivity index (χ1v) is 9.68. The van der Waals surface area contributed by atoms with Crippen LogP contribution in [0.25, 0.3) is 0 Å². The van der Waals surface area contributed by atoms with Gasteiger partial charge in [-0.25, -0.2) is 19.6 Å². The quantitative estimate of drug-likeness (QED) is 0.698. The SMILES string of the molecule is CCOC(=O)c1c(NC(=O)COC(=O)c2nccnc2N)sc2c1CCCC2. The smallest absolute Gasteiger partial charge is 0.361 e. The molecule has 28 heavy (non-hydrogen) atoms. The van der Waals surface area contributed by atoms with E-state index in [0.29, 0.717) is 10.6 Å². The summed E-state index contributed by atoms with van der Waals surface area (Å²) in [6.45, 7) is 1.43. The number of hydrogen-bond acceptors (Lipinski definition) is 9. The zero-order chi connectivity index (χ0) is 20.1. The van der Waals surface area contributed by atoms with Gasteiger partial charge in [-0.2, -0.15) is 0 Å². The second-order valence-electron chi connectivity index (χ2n) is 6.05. The number of esters is 2. The molecule has 0 aromatic carbocycles. The fourth-order valence-corrected chi connectivity index (χ4v) is 4.23. The number of fused-ring (bicyclic) bond motifs is 1. The lowest BCUT2D eigenvalue weighted by Gasteiger charge is -2.12. The van der Waals surface area contributed by atoms with Gasteiger partial charge in [0.05, 0.1) is 12.2 Å². The first kappa shape index (κ1) is 19.7. The van der Waals surface area contributed by atoms with Gasteiger partial charge in [0, 0.05) is 17.3 Å². The van der Waals surface area contributed by atoms with Crippen LogP contribution in [0.15, 0.2) is 12.4 Å².